The second-order valence-electron chi connectivity index (χ2n) is 6.44. The van der Waals surface area contributed by atoms with E-state index >= 15 is 0 Å². The number of carbonyl (C=O) groups is 2. The summed E-state index contributed by atoms with van der Waals surface area (Å²) in [6, 6.07) is 23.8. The maximum absolute atomic E-state index is 12.4. The number of hydrogen-bond donors (Lipinski definition) is 0. The zero-order chi connectivity index (χ0) is 19.3. The van der Waals surface area contributed by atoms with Crippen molar-refractivity contribution in [1.82, 2.24) is 0 Å². The van der Waals surface area contributed by atoms with Gasteiger partial charge in [-0.15, -0.1) is 0 Å². The van der Waals surface area contributed by atoms with Gasteiger partial charge in [-0.25, -0.2) is 4.79 Å². The Kier molecular flexibility index (Phi) is 5.06. The van der Waals surface area contributed by atoms with Crippen LogP contribution >= 0.6 is 0 Å². The highest BCUT2D eigenvalue weighted by Gasteiger charge is 2.25. The molecule has 3 aromatic rings. The number of esters is 1. The van der Waals surface area contributed by atoms with E-state index in [1.165, 1.54) is 0 Å². The summed E-state index contributed by atoms with van der Waals surface area (Å²) in [5.41, 5.74) is 2.40. The van der Waals surface area contributed by atoms with E-state index in [0.717, 1.165) is 17.7 Å². The molecule has 4 rings (SSSR count). The van der Waals surface area contributed by atoms with Crippen LogP contribution < -0.4 is 9.64 Å². The summed E-state index contributed by atoms with van der Waals surface area (Å²) in [5, 5.41) is 0. The van der Waals surface area contributed by atoms with Gasteiger partial charge in [-0.05, 0) is 54.4 Å². The standard InChI is InChI=1S/C23H19NO4/c25-22(24-15-14-17-6-4-5-9-21(17)24)16-27-23(26)18-10-12-20(13-11-18)28-19-7-2-1-3-8-19/h1-13H,14-16H2. The van der Waals surface area contributed by atoms with Gasteiger partial charge < -0.3 is 14.4 Å². The van der Waals surface area contributed by atoms with Gasteiger partial charge >= 0.3 is 5.97 Å². The number of fused-ring (bicyclic) bond motifs is 1. The number of hydrogen-bond acceptors (Lipinski definition) is 4. The molecule has 5 heteroatoms. The van der Waals surface area contributed by atoms with Gasteiger partial charge in [0.05, 0.1) is 5.56 Å². The van der Waals surface area contributed by atoms with Crippen LogP contribution in [0.1, 0.15) is 15.9 Å². The Bertz CT molecular complexity index is 983. The summed E-state index contributed by atoms with van der Waals surface area (Å²) in [6.45, 7) is 0.330. The maximum Gasteiger partial charge on any atom is 0.338 e. The summed E-state index contributed by atoms with van der Waals surface area (Å²) in [5.74, 6) is 0.580. The second-order valence-corrected chi connectivity index (χ2v) is 6.44. The predicted molar refractivity (Wildman–Crippen MR) is 106 cm³/mol. The van der Waals surface area contributed by atoms with Gasteiger partial charge in [-0.2, -0.15) is 0 Å². The first-order valence-corrected chi connectivity index (χ1v) is 9.09. The maximum atomic E-state index is 12.4. The summed E-state index contributed by atoms with van der Waals surface area (Å²) in [6.07, 6.45) is 0.818. The Morgan fingerprint density at radius 2 is 1.50 bits per heavy atom. The van der Waals surface area contributed by atoms with Crippen molar-refractivity contribution in [2.45, 2.75) is 6.42 Å². The molecule has 0 spiro atoms. The molecule has 0 unspecified atom stereocenters. The highest BCUT2D eigenvalue weighted by molar-refractivity contribution is 5.98. The molecule has 1 amide bonds. The van der Waals surface area contributed by atoms with Crippen molar-refractivity contribution in [3.63, 3.8) is 0 Å². The molecule has 0 fully saturated rings. The van der Waals surface area contributed by atoms with Gasteiger partial charge in [0, 0.05) is 12.2 Å². The van der Waals surface area contributed by atoms with E-state index < -0.39 is 5.97 Å². The third-order valence-corrected chi connectivity index (χ3v) is 4.58. The molecule has 1 aliphatic rings. The van der Waals surface area contributed by atoms with E-state index in [1.54, 1.807) is 29.2 Å². The van der Waals surface area contributed by atoms with E-state index in [9.17, 15) is 9.59 Å². The van der Waals surface area contributed by atoms with Crippen LogP contribution in [0, 0.1) is 0 Å². The average molecular weight is 373 g/mol. The molecule has 0 radical (unpaired) electrons. The van der Waals surface area contributed by atoms with Crippen LogP contribution in [-0.2, 0) is 16.0 Å². The molecule has 28 heavy (non-hydrogen) atoms. The van der Waals surface area contributed by atoms with Crippen LogP contribution in [0.3, 0.4) is 0 Å². The number of benzene rings is 3. The highest BCUT2D eigenvalue weighted by Crippen LogP contribution is 2.27. The average Bonchev–Trinajstić information content (AvgIpc) is 3.17. The van der Waals surface area contributed by atoms with Crippen LogP contribution in [0.15, 0.2) is 78.9 Å². The third-order valence-electron chi connectivity index (χ3n) is 4.58. The van der Waals surface area contributed by atoms with Crippen molar-refractivity contribution < 1.29 is 19.1 Å². The summed E-state index contributed by atoms with van der Waals surface area (Å²) < 4.78 is 10.9. The van der Waals surface area contributed by atoms with Crippen molar-refractivity contribution in [2.24, 2.45) is 0 Å². The van der Waals surface area contributed by atoms with Crippen molar-refractivity contribution in [3.05, 3.63) is 90.0 Å². The Morgan fingerprint density at radius 3 is 2.29 bits per heavy atom. The van der Waals surface area contributed by atoms with Crippen LogP contribution in [0.25, 0.3) is 0 Å². The lowest BCUT2D eigenvalue weighted by Gasteiger charge is -2.17. The monoisotopic (exact) mass is 373 g/mol. The van der Waals surface area contributed by atoms with Gasteiger partial charge in [0.25, 0.3) is 5.91 Å². The number of carbonyl (C=O) groups excluding carboxylic acids is 2. The number of nitrogens with zero attached hydrogens (tertiary/aromatic N) is 1. The van der Waals surface area contributed by atoms with Crippen LogP contribution in [0.5, 0.6) is 11.5 Å². The van der Waals surface area contributed by atoms with E-state index in [1.807, 2.05) is 54.6 Å². The molecule has 5 nitrogen and oxygen atoms in total. The summed E-state index contributed by atoms with van der Waals surface area (Å²) in [4.78, 5) is 26.3. The SMILES string of the molecule is O=C(OCC(=O)N1CCc2ccccc21)c1ccc(Oc2ccccc2)cc1. The molecular weight excluding hydrogens is 354 g/mol. The third kappa shape index (κ3) is 3.88. The predicted octanol–water partition coefficient (Wildman–Crippen LogP) is 4.23. The molecule has 3 aromatic carbocycles. The van der Waals surface area contributed by atoms with E-state index in [2.05, 4.69) is 0 Å². The Balaban J connectivity index is 1.33. The first-order valence-electron chi connectivity index (χ1n) is 9.09. The lowest BCUT2D eigenvalue weighted by Crippen LogP contribution is -2.33. The summed E-state index contributed by atoms with van der Waals surface area (Å²) >= 11 is 0. The second kappa shape index (κ2) is 7.96. The van der Waals surface area contributed by atoms with Crippen LogP contribution in [-0.4, -0.2) is 25.0 Å². The fraction of sp³-hybridized carbons (Fsp3) is 0.130. The number of anilines is 1. The minimum absolute atomic E-state index is 0.220. The Labute approximate surface area is 163 Å². The molecule has 1 heterocycles. The van der Waals surface area contributed by atoms with E-state index in [4.69, 9.17) is 9.47 Å². The van der Waals surface area contributed by atoms with Crippen molar-refractivity contribution in [1.29, 1.82) is 0 Å². The molecule has 0 saturated heterocycles. The molecule has 140 valence electrons. The van der Waals surface area contributed by atoms with Crippen LogP contribution in [0.2, 0.25) is 0 Å². The van der Waals surface area contributed by atoms with Gasteiger partial charge in [0.1, 0.15) is 11.5 Å². The largest absolute Gasteiger partial charge is 0.457 e. The first-order chi connectivity index (χ1) is 13.7. The fourth-order valence-electron chi connectivity index (χ4n) is 3.17. The normalized spacial score (nSPS) is 12.4. The van der Waals surface area contributed by atoms with Gasteiger partial charge in [0.15, 0.2) is 6.61 Å². The molecule has 0 N–H and O–H groups in total. The first kappa shape index (κ1) is 17.8. The topological polar surface area (TPSA) is 55.8 Å². The molecule has 0 saturated carbocycles. The zero-order valence-electron chi connectivity index (χ0n) is 15.2. The fourth-order valence-corrected chi connectivity index (χ4v) is 3.17. The Hall–Kier alpha value is -3.60. The zero-order valence-corrected chi connectivity index (χ0v) is 15.2. The number of rotatable bonds is 5. The molecule has 1 aliphatic heterocycles. The van der Waals surface area contributed by atoms with Gasteiger partial charge in [-0.3, -0.25) is 4.79 Å². The van der Waals surface area contributed by atoms with Crippen molar-refractivity contribution >= 4 is 17.6 Å². The summed E-state index contributed by atoms with van der Waals surface area (Å²) in [7, 11) is 0. The quantitative estimate of drug-likeness (QED) is 0.628. The molecule has 0 bridgehead atoms. The number of ether oxygens (including phenoxy) is 2. The molecule has 0 atom stereocenters. The van der Waals surface area contributed by atoms with Crippen molar-refractivity contribution in [3.8, 4) is 11.5 Å². The van der Waals surface area contributed by atoms with Crippen molar-refractivity contribution in [2.75, 3.05) is 18.1 Å². The lowest BCUT2D eigenvalue weighted by molar-refractivity contribution is -0.121. The molecular formula is C23H19NO4. The lowest BCUT2D eigenvalue weighted by atomic mass is 10.2. The van der Waals surface area contributed by atoms with Crippen LogP contribution in [0.4, 0.5) is 5.69 Å². The molecule has 0 aromatic heterocycles. The smallest absolute Gasteiger partial charge is 0.338 e. The van der Waals surface area contributed by atoms with E-state index in [-0.39, 0.29) is 12.5 Å². The minimum Gasteiger partial charge on any atom is -0.457 e. The number of amides is 1. The van der Waals surface area contributed by atoms with Gasteiger partial charge in [0.2, 0.25) is 0 Å². The Morgan fingerprint density at radius 1 is 0.821 bits per heavy atom. The highest BCUT2D eigenvalue weighted by atomic mass is 16.5. The van der Waals surface area contributed by atoms with Gasteiger partial charge in [-0.1, -0.05) is 36.4 Å². The minimum atomic E-state index is -0.535. The molecule has 0 aliphatic carbocycles. The van der Waals surface area contributed by atoms with E-state index in [0.29, 0.717) is 23.6 Å². The number of para-hydroxylation sites is 2.